The van der Waals surface area contributed by atoms with Gasteiger partial charge in [-0.25, -0.2) is 0 Å². The Morgan fingerprint density at radius 3 is 2.81 bits per heavy atom. The number of hydrogen-bond donors (Lipinski definition) is 0. The zero-order valence-electron chi connectivity index (χ0n) is 9.82. The molecule has 3 heteroatoms. The van der Waals surface area contributed by atoms with Crippen LogP contribution in [0.4, 0.5) is 0 Å². The molecule has 0 radical (unpaired) electrons. The molecule has 16 heavy (non-hydrogen) atoms. The number of nitrogens with zero attached hydrogens (tertiary/aromatic N) is 1. The summed E-state index contributed by atoms with van der Waals surface area (Å²) in [6.45, 7) is 4.48. The Labute approximate surface area is 102 Å². The molecule has 0 N–H and O–H groups in total. The average Bonchev–Trinajstić information content (AvgIpc) is 2.29. The molecule has 0 atom stereocenters. The predicted molar refractivity (Wildman–Crippen MR) is 69.2 cm³/mol. The Hall–Kier alpha value is -0.990. The number of hydrogen-bond acceptors (Lipinski definition) is 2. The summed E-state index contributed by atoms with van der Waals surface area (Å²) in [5.41, 5.74) is 2.71. The van der Waals surface area contributed by atoms with Gasteiger partial charge in [0.15, 0.2) is 0 Å². The van der Waals surface area contributed by atoms with Gasteiger partial charge in [0.05, 0.1) is 0 Å². The number of ether oxygens (including phenoxy) is 1. The van der Waals surface area contributed by atoms with Crippen molar-refractivity contribution in [2.24, 2.45) is 0 Å². The number of likely N-dealkylation sites (N-methyl/N-ethyl adjacent to an activating group) is 1. The first kappa shape index (κ1) is 13.1. The molecular formula is C13H18ClNO. The van der Waals surface area contributed by atoms with Crippen molar-refractivity contribution in [2.45, 2.75) is 6.92 Å². The van der Waals surface area contributed by atoms with E-state index in [0.29, 0.717) is 6.61 Å². The predicted octanol–water partition coefficient (Wildman–Crippen LogP) is 3.06. The third-order valence-corrected chi connectivity index (χ3v) is 2.51. The smallest absolute Gasteiger partial charge is 0.122 e. The summed E-state index contributed by atoms with van der Waals surface area (Å²) in [5, 5.41) is 0. The minimum absolute atomic E-state index is 0.692. The fourth-order valence-electron chi connectivity index (χ4n) is 1.34. The molecule has 0 saturated heterocycles. The number of para-hydroxylation sites is 1. The van der Waals surface area contributed by atoms with Crippen molar-refractivity contribution >= 4 is 11.6 Å². The van der Waals surface area contributed by atoms with E-state index in [1.54, 1.807) is 5.54 Å². The van der Waals surface area contributed by atoms with Gasteiger partial charge in [-0.05, 0) is 25.6 Å². The van der Waals surface area contributed by atoms with Crippen LogP contribution in [-0.2, 0) is 0 Å². The molecule has 2 nitrogen and oxygen atoms in total. The van der Waals surface area contributed by atoms with E-state index in [9.17, 15) is 0 Å². The minimum atomic E-state index is 0.692. The molecule has 0 fully saturated rings. The van der Waals surface area contributed by atoms with E-state index < -0.39 is 0 Å². The fraction of sp³-hybridized carbons (Fsp3) is 0.385. The fourth-order valence-corrected chi connectivity index (χ4v) is 1.42. The van der Waals surface area contributed by atoms with Gasteiger partial charge in [0.2, 0.25) is 0 Å². The Balaban J connectivity index is 2.28. The first-order chi connectivity index (χ1) is 7.74. The van der Waals surface area contributed by atoms with E-state index in [-0.39, 0.29) is 0 Å². The van der Waals surface area contributed by atoms with E-state index in [0.717, 1.165) is 18.8 Å². The van der Waals surface area contributed by atoms with Crippen LogP contribution in [-0.4, -0.2) is 31.6 Å². The summed E-state index contributed by atoms with van der Waals surface area (Å²) in [7, 11) is 2.04. The first-order valence-corrected chi connectivity index (χ1v) is 5.80. The van der Waals surface area contributed by atoms with Crippen molar-refractivity contribution < 1.29 is 4.74 Å². The molecule has 1 aromatic carbocycles. The topological polar surface area (TPSA) is 12.5 Å². The second-order valence-corrected chi connectivity index (χ2v) is 3.99. The van der Waals surface area contributed by atoms with Crippen LogP contribution >= 0.6 is 11.6 Å². The van der Waals surface area contributed by atoms with Gasteiger partial charge in [-0.1, -0.05) is 35.9 Å². The van der Waals surface area contributed by atoms with Crippen LogP contribution in [0.1, 0.15) is 5.56 Å². The average molecular weight is 240 g/mol. The molecule has 0 amide bonds. The Morgan fingerprint density at radius 1 is 1.38 bits per heavy atom. The molecule has 0 bridgehead atoms. The zero-order chi connectivity index (χ0) is 11.8. The molecule has 1 aromatic rings. The highest BCUT2D eigenvalue weighted by atomic mass is 35.5. The van der Waals surface area contributed by atoms with Gasteiger partial charge in [-0.2, -0.15) is 0 Å². The van der Waals surface area contributed by atoms with Gasteiger partial charge in [0.1, 0.15) is 12.4 Å². The molecule has 1 rings (SSSR count). The van der Waals surface area contributed by atoms with Gasteiger partial charge in [0.25, 0.3) is 0 Å². The third-order valence-electron chi connectivity index (χ3n) is 2.33. The van der Waals surface area contributed by atoms with Crippen molar-refractivity contribution in [3.63, 3.8) is 0 Å². The van der Waals surface area contributed by atoms with Crippen molar-refractivity contribution in [1.29, 1.82) is 0 Å². The Kier molecular flexibility index (Phi) is 5.98. The summed E-state index contributed by atoms with van der Waals surface area (Å²) in [6.07, 6.45) is 1.91. The Bertz CT molecular complexity index is 338. The van der Waals surface area contributed by atoms with Crippen LogP contribution in [0, 0.1) is 6.92 Å². The van der Waals surface area contributed by atoms with Crippen LogP contribution in [0.2, 0.25) is 0 Å². The normalized spacial score (nSPS) is 11.2. The summed E-state index contributed by atoms with van der Waals surface area (Å²) in [6, 6.07) is 8.05. The van der Waals surface area contributed by atoms with E-state index in [1.165, 1.54) is 5.56 Å². The summed E-state index contributed by atoms with van der Waals surface area (Å²) < 4.78 is 5.69. The van der Waals surface area contributed by atoms with Crippen molar-refractivity contribution in [2.75, 3.05) is 26.7 Å². The van der Waals surface area contributed by atoms with Crippen molar-refractivity contribution in [1.82, 2.24) is 4.90 Å². The van der Waals surface area contributed by atoms with Crippen molar-refractivity contribution in [3.8, 4) is 5.75 Å². The standard InChI is InChI=1S/C13H18ClNO/c1-12-6-3-4-7-13(12)16-11-10-15(2)9-5-8-14/h3-8H,9-11H2,1-2H3/b8-5+. The van der Waals surface area contributed by atoms with Crippen LogP contribution in [0.25, 0.3) is 0 Å². The largest absolute Gasteiger partial charge is 0.492 e. The first-order valence-electron chi connectivity index (χ1n) is 5.36. The molecule has 88 valence electrons. The quantitative estimate of drug-likeness (QED) is 0.757. The highest BCUT2D eigenvalue weighted by Gasteiger charge is 1.99. The van der Waals surface area contributed by atoms with Gasteiger partial charge in [-0.15, -0.1) is 0 Å². The van der Waals surface area contributed by atoms with Crippen LogP contribution < -0.4 is 4.74 Å². The highest BCUT2D eigenvalue weighted by molar-refractivity contribution is 6.25. The van der Waals surface area contributed by atoms with E-state index in [2.05, 4.69) is 17.9 Å². The maximum absolute atomic E-state index is 5.69. The molecule has 0 aliphatic carbocycles. The van der Waals surface area contributed by atoms with Gasteiger partial charge in [-0.3, -0.25) is 4.90 Å². The SMILES string of the molecule is Cc1ccccc1OCCN(C)C/C=C/Cl. The van der Waals surface area contributed by atoms with Crippen molar-refractivity contribution in [3.05, 3.63) is 41.4 Å². The van der Waals surface area contributed by atoms with Crippen LogP contribution in [0.5, 0.6) is 5.75 Å². The highest BCUT2D eigenvalue weighted by Crippen LogP contribution is 2.15. The number of benzene rings is 1. The lowest BCUT2D eigenvalue weighted by Gasteiger charge is -2.15. The lowest BCUT2D eigenvalue weighted by atomic mass is 10.2. The van der Waals surface area contributed by atoms with Gasteiger partial charge < -0.3 is 4.74 Å². The second-order valence-electron chi connectivity index (χ2n) is 3.74. The summed E-state index contributed by atoms with van der Waals surface area (Å²) >= 11 is 5.46. The van der Waals surface area contributed by atoms with Gasteiger partial charge in [0, 0.05) is 18.6 Å². The molecule has 0 saturated carbocycles. The van der Waals surface area contributed by atoms with Crippen LogP contribution in [0.3, 0.4) is 0 Å². The maximum Gasteiger partial charge on any atom is 0.122 e. The van der Waals surface area contributed by atoms with Gasteiger partial charge >= 0.3 is 0 Å². The minimum Gasteiger partial charge on any atom is -0.492 e. The molecule has 0 heterocycles. The lowest BCUT2D eigenvalue weighted by Crippen LogP contribution is -2.24. The molecular weight excluding hydrogens is 222 g/mol. The van der Waals surface area contributed by atoms with E-state index in [4.69, 9.17) is 16.3 Å². The molecule has 0 spiro atoms. The summed E-state index contributed by atoms with van der Waals surface area (Å²) in [4.78, 5) is 2.15. The number of halogens is 1. The molecule has 0 unspecified atom stereocenters. The summed E-state index contributed by atoms with van der Waals surface area (Å²) in [5.74, 6) is 0.962. The zero-order valence-corrected chi connectivity index (χ0v) is 10.6. The molecule has 0 aliphatic rings. The molecule has 0 aromatic heterocycles. The van der Waals surface area contributed by atoms with E-state index in [1.807, 2.05) is 31.3 Å². The number of rotatable bonds is 6. The Morgan fingerprint density at radius 2 is 2.12 bits per heavy atom. The van der Waals surface area contributed by atoms with Crippen LogP contribution in [0.15, 0.2) is 35.9 Å². The maximum atomic E-state index is 5.69. The lowest BCUT2D eigenvalue weighted by molar-refractivity contribution is 0.248. The number of aryl methyl sites for hydroxylation is 1. The molecule has 0 aliphatic heterocycles. The van der Waals surface area contributed by atoms with E-state index >= 15 is 0 Å². The second kappa shape index (κ2) is 7.31. The monoisotopic (exact) mass is 239 g/mol. The third kappa shape index (κ3) is 4.69.